The van der Waals surface area contributed by atoms with Gasteiger partial charge in [0, 0.05) is 6.07 Å². The Morgan fingerprint density at radius 1 is 1.40 bits per heavy atom. The van der Waals surface area contributed by atoms with Crippen molar-refractivity contribution in [3.8, 4) is 11.4 Å². The Morgan fingerprint density at radius 2 is 2.33 bits per heavy atom. The molecule has 0 bridgehead atoms. The van der Waals surface area contributed by atoms with Gasteiger partial charge in [-0.1, -0.05) is 6.07 Å². The second-order valence-corrected chi connectivity index (χ2v) is 3.18. The summed E-state index contributed by atoms with van der Waals surface area (Å²) in [5.74, 6) is 0.214. The van der Waals surface area contributed by atoms with E-state index in [1.807, 2.05) is 6.07 Å². The van der Waals surface area contributed by atoms with Gasteiger partial charge in [0.1, 0.15) is 11.3 Å². The number of aromatic nitrogens is 4. The SMILES string of the molecule is Oc1cccc(-n2cc3[nH][c]nc3n2)c1. The number of H-pyrrole nitrogens is 1. The third-order valence-electron chi connectivity index (χ3n) is 2.14. The van der Waals surface area contributed by atoms with Gasteiger partial charge in [-0.15, -0.1) is 5.10 Å². The number of fused-ring (bicyclic) bond motifs is 1. The van der Waals surface area contributed by atoms with Crippen LogP contribution in [0.15, 0.2) is 30.5 Å². The largest absolute Gasteiger partial charge is 0.508 e. The van der Waals surface area contributed by atoms with Crippen molar-refractivity contribution in [3.05, 3.63) is 36.8 Å². The molecule has 1 radical (unpaired) electrons. The van der Waals surface area contributed by atoms with Crippen molar-refractivity contribution in [1.82, 2.24) is 19.7 Å². The van der Waals surface area contributed by atoms with Crippen LogP contribution in [0.5, 0.6) is 5.75 Å². The maximum absolute atomic E-state index is 9.33. The molecule has 3 aromatic rings. The Balaban J connectivity index is 2.17. The summed E-state index contributed by atoms with van der Waals surface area (Å²) in [5.41, 5.74) is 2.22. The number of hydrogen-bond donors (Lipinski definition) is 2. The molecular weight excluding hydrogens is 192 g/mol. The molecule has 0 aliphatic heterocycles. The van der Waals surface area contributed by atoms with E-state index in [0.29, 0.717) is 5.65 Å². The minimum absolute atomic E-state index is 0.214. The van der Waals surface area contributed by atoms with E-state index in [2.05, 4.69) is 21.4 Å². The fraction of sp³-hybridized carbons (Fsp3) is 0. The highest BCUT2D eigenvalue weighted by Crippen LogP contribution is 2.16. The van der Waals surface area contributed by atoms with Crippen molar-refractivity contribution in [1.29, 1.82) is 0 Å². The lowest BCUT2D eigenvalue weighted by Gasteiger charge is -2.00. The molecule has 2 heterocycles. The van der Waals surface area contributed by atoms with Gasteiger partial charge >= 0.3 is 0 Å². The van der Waals surface area contributed by atoms with Crippen LogP contribution in [0.1, 0.15) is 0 Å². The number of rotatable bonds is 1. The van der Waals surface area contributed by atoms with Crippen LogP contribution < -0.4 is 0 Å². The van der Waals surface area contributed by atoms with Gasteiger partial charge in [0.2, 0.25) is 0 Å². The van der Waals surface area contributed by atoms with Crippen LogP contribution in [0.2, 0.25) is 0 Å². The zero-order valence-corrected chi connectivity index (χ0v) is 7.68. The zero-order valence-electron chi connectivity index (χ0n) is 7.68. The van der Waals surface area contributed by atoms with Crippen molar-refractivity contribution in [2.75, 3.05) is 0 Å². The molecule has 2 aromatic heterocycles. The second-order valence-electron chi connectivity index (χ2n) is 3.18. The Kier molecular flexibility index (Phi) is 1.53. The van der Waals surface area contributed by atoms with Crippen molar-refractivity contribution < 1.29 is 5.11 Å². The Morgan fingerprint density at radius 3 is 3.13 bits per heavy atom. The highest BCUT2D eigenvalue weighted by molar-refractivity contribution is 5.69. The number of hydrogen-bond acceptors (Lipinski definition) is 3. The predicted molar refractivity (Wildman–Crippen MR) is 53.7 cm³/mol. The maximum Gasteiger partial charge on any atom is 0.200 e. The molecule has 0 fully saturated rings. The molecular formula is C10H7N4O. The smallest absolute Gasteiger partial charge is 0.200 e. The molecule has 0 spiro atoms. The summed E-state index contributed by atoms with van der Waals surface area (Å²) in [6.07, 6.45) is 4.41. The Labute approximate surface area is 85.0 Å². The average Bonchev–Trinajstić information content (AvgIpc) is 2.76. The number of nitrogens with one attached hydrogen (secondary N) is 1. The number of aromatic amines is 1. The average molecular weight is 199 g/mol. The topological polar surface area (TPSA) is 66.7 Å². The van der Waals surface area contributed by atoms with Crippen LogP contribution in [0.25, 0.3) is 16.9 Å². The molecule has 0 atom stereocenters. The fourth-order valence-corrected chi connectivity index (χ4v) is 1.44. The number of phenolic OH excluding ortho intramolecular Hbond substituents is 1. The van der Waals surface area contributed by atoms with E-state index in [1.54, 1.807) is 29.1 Å². The summed E-state index contributed by atoms with van der Waals surface area (Å²) >= 11 is 0. The van der Waals surface area contributed by atoms with E-state index in [-0.39, 0.29) is 5.75 Å². The van der Waals surface area contributed by atoms with Crippen LogP contribution in [0, 0.1) is 6.33 Å². The molecule has 1 aromatic carbocycles. The minimum Gasteiger partial charge on any atom is -0.508 e. The Hall–Kier alpha value is -2.30. The van der Waals surface area contributed by atoms with Crippen LogP contribution in [-0.2, 0) is 0 Å². The third-order valence-corrected chi connectivity index (χ3v) is 2.14. The lowest BCUT2D eigenvalue weighted by molar-refractivity contribution is 0.475. The highest BCUT2D eigenvalue weighted by atomic mass is 16.3. The van der Waals surface area contributed by atoms with Crippen molar-refractivity contribution >= 4 is 11.2 Å². The van der Waals surface area contributed by atoms with E-state index in [4.69, 9.17) is 0 Å². The van der Waals surface area contributed by atoms with Crippen molar-refractivity contribution in [2.24, 2.45) is 0 Å². The van der Waals surface area contributed by atoms with Gasteiger partial charge < -0.3 is 10.1 Å². The standard InChI is InChI=1S/C10H7N4O/c15-8-3-1-2-7(4-8)14-5-9-10(13-14)12-6-11-9/h1-5,15H,(H,11,12,13). The lowest BCUT2D eigenvalue weighted by atomic mass is 10.3. The molecule has 3 rings (SSSR count). The van der Waals surface area contributed by atoms with Gasteiger partial charge in [-0.2, -0.15) is 0 Å². The number of phenols is 1. The van der Waals surface area contributed by atoms with Crippen LogP contribution in [-0.4, -0.2) is 24.9 Å². The molecule has 2 N–H and O–H groups in total. The summed E-state index contributed by atoms with van der Waals surface area (Å²) < 4.78 is 1.65. The maximum atomic E-state index is 9.33. The van der Waals surface area contributed by atoms with Gasteiger partial charge in [0.15, 0.2) is 12.0 Å². The molecule has 5 heteroatoms. The molecule has 0 saturated carbocycles. The summed E-state index contributed by atoms with van der Waals surface area (Å²) in [5, 5.41) is 13.5. The summed E-state index contributed by atoms with van der Waals surface area (Å²) in [7, 11) is 0. The molecule has 0 amide bonds. The van der Waals surface area contributed by atoms with Crippen LogP contribution in [0.4, 0.5) is 0 Å². The molecule has 0 unspecified atom stereocenters. The molecule has 73 valence electrons. The molecule has 0 aliphatic carbocycles. The van der Waals surface area contributed by atoms with Gasteiger partial charge in [0.05, 0.1) is 11.9 Å². The van der Waals surface area contributed by atoms with E-state index in [1.165, 1.54) is 0 Å². The summed E-state index contributed by atoms with van der Waals surface area (Å²) in [6.45, 7) is 0. The summed E-state index contributed by atoms with van der Waals surface area (Å²) in [4.78, 5) is 6.75. The number of imidazole rings is 1. The van der Waals surface area contributed by atoms with E-state index >= 15 is 0 Å². The number of aromatic hydroxyl groups is 1. The van der Waals surface area contributed by atoms with E-state index in [0.717, 1.165) is 11.2 Å². The van der Waals surface area contributed by atoms with Gasteiger partial charge in [-0.05, 0) is 12.1 Å². The van der Waals surface area contributed by atoms with Gasteiger partial charge in [-0.3, -0.25) is 0 Å². The fourth-order valence-electron chi connectivity index (χ4n) is 1.44. The lowest BCUT2D eigenvalue weighted by Crippen LogP contribution is -1.93. The first-order valence-electron chi connectivity index (χ1n) is 4.44. The van der Waals surface area contributed by atoms with Crippen LogP contribution >= 0.6 is 0 Å². The summed E-state index contributed by atoms with van der Waals surface area (Å²) in [6, 6.07) is 6.87. The number of nitrogens with zero attached hydrogens (tertiary/aromatic N) is 3. The molecule has 0 aliphatic rings. The molecule has 15 heavy (non-hydrogen) atoms. The first-order valence-corrected chi connectivity index (χ1v) is 4.44. The highest BCUT2D eigenvalue weighted by Gasteiger charge is 2.04. The van der Waals surface area contributed by atoms with Crippen molar-refractivity contribution in [2.45, 2.75) is 0 Å². The van der Waals surface area contributed by atoms with Gasteiger partial charge in [-0.25, -0.2) is 9.67 Å². The Bertz CT molecular complexity index is 582. The molecule has 0 saturated heterocycles. The van der Waals surface area contributed by atoms with E-state index < -0.39 is 0 Å². The van der Waals surface area contributed by atoms with E-state index in [9.17, 15) is 5.11 Å². The predicted octanol–water partition coefficient (Wildman–Crippen LogP) is 1.25. The normalized spacial score (nSPS) is 10.9. The van der Waals surface area contributed by atoms with Gasteiger partial charge in [0.25, 0.3) is 0 Å². The zero-order chi connectivity index (χ0) is 10.3. The third kappa shape index (κ3) is 1.25. The minimum atomic E-state index is 0.214. The molecule has 5 nitrogen and oxygen atoms in total. The van der Waals surface area contributed by atoms with Crippen molar-refractivity contribution in [3.63, 3.8) is 0 Å². The first kappa shape index (κ1) is 8.05. The van der Waals surface area contributed by atoms with Crippen LogP contribution in [0.3, 0.4) is 0 Å². The monoisotopic (exact) mass is 199 g/mol. The first-order chi connectivity index (χ1) is 7.33. The quantitative estimate of drug-likeness (QED) is 0.619. The number of benzene rings is 1. The second kappa shape index (κ2) is 2.84.